The Kier molecular flexibility index (Phi) is 3.84. The van der Waals surface area contributed by atoms with Gasteiger partial charge in [-0.2, -0.15) is 4.31 Å². The van der Waals surface area contributed by atoms with Gasteiger partial charge in [0.05, 0.1) is 6.26 Å². The van der Waals surface area contributed by atoms with Gasteiger partial charge in [-0.3, -0.25) is 0 Å². The number of nitrogens with zero attached hydrogens (tertiary/aromatic N) is 2. The first kappa shape index (κ1) is 13.6. The average molecular weight is 289 g/mol. The molecule has 0 aliphatic carbocycles. The largest absolute Gasteiger partial charge is 0.369 e. The highest BCUT2D eigenvalue weighted by Crippen LogP contribution is 2.24. The summed E-state index contributed by atoms with van der Waals surface area (Å²) in [4.78, 5) is 2.16. The second-order valence-corrected chi connectivity index (χ2v) is 6.97. The van der Waals surface area contributed by atoms with Gasteiger partial charge in [-0.25, -0.2) is 8.42 Å². The summed E-state index contributed by atoms with van der Waals surface area (Å²) in [6, 6.07) is 5.95. The number of sulfonamides is 1. The second-order valence-electron chi connectivity index (χ2n) is 4.58. The summed E-state index contributed by atoms with van der Waals surface area (Å²) in [5, 5.41) is 0.748. The van der Waals surface area contributed by atoms with Crippen LogP contribution in [0.1, 0.15) is 5.56 Å². The van der Waals surface area contributed by atoms with Crippen molar-refractivity contribution < 1.29 is 8.42 Å². The van der Waals surface area contributed by atoms with Crippen molar-refractivity contribution in [2.24, 2.45) is 0 Å². The Morgan fingerprint density at radius 3 is 2.28 bits per heavy atom. The SMILES string of the molecule is Cc1ccc(N2CCN(S(C)(=O)=O)CC2)cc1Cl. The van der Waals surface area contributed by atoms with Crippen molar-refractivity contribution in [3.63, 3.8) is 0 Å². The van der Waals surface area contributed by atoms with Gasteiger partial charge in [0.1, 0.15) is 0 Å². The molecule has 0 amide bonds. The minimum atomic E-state index is -3.07. The van der Waals surface area contributed by atoms with E-state index in [1.165, 1.54) is 10.6 Å². The zero-order valence-electron chi connectivity index (χ0n) is 10.6. The number of hydrogen-bond acceptors (Lipinski definition) is 3. The molecule has 6 heteroatoms. The molecule has 1 aromatic carbocycles. The summed E-state index contributed by atoms with van der Waals surface area (Å²) in [7, 11) is -3.07. The smallest absolute Gasteiger partial charge is 0.211 e. The van der Waals surface area contributed by atoms with E-state index in [-0.39, 0.29) is 0 Å². The maximum atomic E-state index is 11.4. The van der Waals surface area contributed by atoms with Crippen LogP contribution in [0, 0.1) is 6.92 Å². The molecule has 1 fully saturated rings. The lowest BCUT2D eigenvalue weighted by atomic mass is 10.2. The van der Waals surface area contributed by atoms with E-state index in [0.717, 1.165) is 16.3 Å². The Hall–Kier alpha value is -0.780. The number of hydrogen-bond donors (Lipinski definition) is 0. The van der Waals surface area contributed by atoms with Crippen LogP contribution in [0.3, 0.4) is 0 Å². The third-order valence-corrected chi connectivity index (χ3v) is 4.94. The molecular formula is C12H17ClN2O2S. The lowest BCUT2D eigenvalue weighted by molar-refractivity contribution is 0.388. The van der Waals surface area contributed by atoms with Crippen LogP contribution in [0.5, 0.6) is 0 Å². The summed E-state index contributed by atoms with van der Waals surface area (Å²) in [6.07, 6.45) is 1.26. The standard InChI is InChI=1S/C12H17ClN2O2S/c1-10-3-4-11(9-12(10)13)14-5-7-15(8-6-14)18(2,16)17/h3-4,9H,5-8H2,1-2H3. The highest BCUT2D eigenvalue weighted by molar-refractivity contribution is 7.88. The molecule has 1 heterocycles. The summed E-state index contributed by atoms with van der Waals surface area (Å²) in [6.45, 7) is 4.43. The van der Waals surface area contributed by atoms with Crippen molar-refractivity contribution in [2.45, 2.75) is 6.92 Å². The lowest BCUT2D eigenvalue weighted by Crippen LogP contribution is -2.48. The van der Waals surface area contributed by atoms with Crippen molar-refractivity contribution in [3.8, 4) is 0 Å². The summed E-state index contributed by atoms with van der Waals surface area (Å²) >= 11 is 6.10. The van der Waals surface area contributed by atoms with Crippen LogP contribution in [0.15, 0.2) is 18.2 Å². The minimum absolute atomic E-state index is 0.532. The van der Waals surface area contributed by atoms with Crippen LogP contribution in [-0.2, 0) is 10.0 Å². The normalized spacial score (nSPS) is 18.1. The van der Waals surface area contributed by atoms with Gasteiger partial charge < -0.3 is 4.90 Å². The molecular weight excluding hydrogens is 272 g/mol. The molecule has 0 aromatic heterocycles. The highest BCUT2D eigenvalue weighted by atomic mass is 35.5. The Morgan fingerprint density at radius 2 is 1.78 bits per heavy atom. The van der Waals surface area contributed by atoms with Crippen molar-refractivity contribution in [2.75, 3.05) is 37.3 Å². The van der Waals surface area contributed by atoms with Gasteiger partial charge in [-0.05, 0) is 24.6 Å². The van der Waals surface area contributed by atoms with Gasteiger partial charge in [0, 0.05) is 36.9 Å². The molecule has 0 unspecified atom stereocenters. The van der Waals surface area contributed by atoms with Crippen LogP contribution in [0.25, 0.3) is 0 Å². The van der Waals surface area contributed by atoms with E-state index in [0.29, 0.717) is 26.2 Å². The first-order valence-corrected chi connectivity index (χ1v) is 8.07. The van der Waals surface area contributed by atoms with Gasteiger partial charge >= 0.3 is 0 Å². The van der Waals surface area contributed by atoms with Crippen LogP contribution < -0.4 is 4.90 Å². The van der Waals surface area contributed by atoms with Crippen LogP contribution >= 0.6 is 11.6 Å². The number of benzene rings is 1. The molecule has 0 bridgehead atoms. The molecule has 0 atom stereocenters. The van der Waals surface area contributed by atoms with E-state index in [4.69, 9.17) is 11.6 Å². The molecule has 4 nitrogen and oxygen atoms in total. The number of aryl methyl sites for hydroxylation is 1. The monoisotopic (exact) mass is 288 g/mol. The fourth-order valence-electron chi connectivity index (χ4n) is 2.06. The van der Waals surface area contributed by atoms with Gasteiger partial charge in [0.2, 0.25) is 10.0 Å². The maximum Gasteiger partial charge on any atom is 0.211 e. The summed E-state index contributed by atoms with van der Waals surface area (Å²) in [5.41, 5.74) is 2.11. The summed E-state index contributed by atoms with van der Waals surface area (Å²) < 4.78 is 24.3. The van der Waals surface area contributed by atoms with E-state index in [9.17, 15) is 8.42 Å². The number of halogens is 1. The molecule has 0 radical (unpaired) electrons. The first-order chi connectivity index (χ1) is 8.38. The second kappa shape index (κ2) is 5.07. The predicted molar refractivity (Wildman–Crippen MR) is 74.8 cm³/mol. The quantitative estimate of drug-likeness (QED) is 0.832. The van der Waals surface area contributed by atoms with Gasteiger partial charge in [0.15, 0.2) is 0 Å². The molecule has 100 valence electrons. The average Bonchev–Trinajstić information content (AvgIpc) is 2.32. The molecule has 1 aliphatic heterocycles. The number of anilines is 1. The molecule has 0 saturated carbocycles. The Morgan fingerprint density at radius 1 is 1.17 bits per heavy atom. The van der Waals surface area contributed by atoms with Gasteiger partial charge in [-0.15, -0.1) is 0 Å². The maximum absolute atomic E-state index is 11.4. The van der Waals surface area contributed by atoms with Gasteiger partial charge in [0.25, 0.3) is 0 Å². The van der Waals surface area contributed by atoms with Crippen LogP contribution in [0.2, 0.25) is 5.02 Å². The van der Waals surface area contributed by atoms with Crippen molar-refractivity contribution in [1.29, 1.82) is 0 Å². The Balaban J connectivity index is 2.08. The van der Waals surface area contributed by atoms with E-state index in [2.05, 4.69) is 4.90 Å². The first-order valence-electron chi connectivity index (χ1n) is 5.84. The van der Waals surface area contributed by atoms with E-state index < -0.39 is 10.0 Å². The van der Waals surface area contributed by atoms with Gasteiger partial charge in [-0.1, -0.05) is 17.7 Å². The van der Waals surface area contributed by atoms with Crippen molar-refractivity contribution in [1.82, 2.24) is 4.31 Å². The number of piperazine rings is 1. The van der Waals surface area contributed by atoms with Crippen LogP contribution in [-0.4, -0.2) is 45.2 Å². The molecule has 0 spiro atoms. The lowest BCUT2D eigenvalue weighted by Gasteiger charge is -2.34. The van der Waals surface area contributed by atoms with E-state index in [1.54, 1.807) is 0 Å². The number of rotatable bonds is 2. The third kappa shape index (κ3) is 2.96. The van der Waals surface area contributed by atoms with E-state index in [1.807, 2.05) is 25.1 Å². The summed E-state index contributed by atoms with van der Waals surface area (Å²) in [5.74, 6) is 0. The molecule has 1 aromatic rings. The Bertz CT molecular complexity index is 537. The molecule has 2 rings (SSSR count). The van der Waals surface area contributed by atoms with Crippen molar-refractivity contribution >= 4 is 27.3 Å². The molecule has 1 aliphatic rings. The fourth-order valence-corrected chi connectivity index (χ4v) is 3.06. The Labute approximate surface area is 113 Å². The molecule has 0 N–H and O–H groups in total. The molecule has 1 saturated heterocycles. The minimum Gasteiger partial charge on any atom is -0.369 e. The zero-order chi connectivity index (χ0) is 13.3. The van der Waals surface area contributed by atoms with Crippen molar-refractivity contribution in [3.05, 3.63) is 28.8 Å². The molecule has 18 heavy (non-hydrogen) atoms. The third-order valence-electron chi connectivity index (χ3n) is 3.23. The zero-order valence-corrected chi connectivity index (χ0v) is 12.1. The highest BCUT2D eigenvalue weighted by Gasteiger charge is 2.23. The predicted octanol–water partition coefficient (Wildman–Crippen LogP) is 1.73. The van der Waals surface area contributed by atoms with Crippen LogP contribution in [0.4, 0.5) is 5.69 Å². The van der Waals surface area contributed by atoms with E-state index >= 15 is 0 Å². The topological polar surface area (TPSA) is 40.6 Å². The fraction of sp³-hybridized carbons (Fsp3) is 0.500.